The molecule has 1 rings (SSSR count). The molecule has 1 atom stereocenters. The van der Waals surface area contributed by atoms with Gasteiger partial charge >= 0.3 is 6.61 Å². The molecule has 0 saturated heterocycles. The Hall–Kier alpha value is -1.24. The molecule has 0 aliphatic heterocycles. The van der Waals surface area contributed by atoms with Gasteiger partial charge in [0.05, 0.1) is 18.8 Å². The zero-order valence-electron chi connectivity index (χ0n) is 11.0. The Morgan fingerprint density at radius 1 is 1.32 bits per heavy atom. The fourth-order valence-corrected chi connectivity index (χ4v) is 1.68. The maximum absolute atomic E-state index is 12.0. The van der Waals surface area contributed by atoms with Crippen molar-refractivity contribution in [1.29, 1.82) is 0 Å². The van der Waals surface area contributed by atoms with Gasteiger partial charge in [-0.1, -0.05) is 12.1 Å². The third-order valence-corrected chi connectivity index (χ3v) is 2.85. The quantitative estimate of drug-likeness (QED) is 0.709. The van der Waals surface area contributed by atoms with Gasteiger partial charge < -0.3 is 19.9 Å². The Bertz CT molecular complexity index is 373. The number of ether oxygens (including phenoxy) is 2. The Labute approximate surface area is 111 Å². The number of aliphatic hydroxyl groups excluding tert-OH is 1. The molecular weight excluding hydrogens is 256 g/mol. The molecule has 0 amide bonds. The van der Waals surface area contributed by atoms with Crippen LogP contribution in [0.3, 0.4) is 0 Å². The third-order valence-electron chi connectivity index (χ3n) is 2.85. The molecule has 4 nitrogen and oxygen atoms in total. The molecule has 0 fully saturated rings. The number of halogens is 2. The van der Waals surface area contributed by atoms with Crippen LogP contribution in [-0.4, -0.2) is 38.6 Å². The number of hydrogen-bond acceptors (Lipinski definition) is 4. The summed E-state index contributed by atoms with van der Waals surface area (Å²) in [5, 5.41) is 12.7. The van der Waals surface area contributed by atoms with Crippen LogP contribution in [-0.2, 0) is 10.3 Å². The Kier molecular flexibility index (Phi) is 6.14. The molecule has 19 heavy (non-hydrogen) atoms. The summed E-state index contributed by atoms with van der Waals surface area (Å²) >= 11 is 0. The number of alkyl halides is 2. The number of aliphatic hydroxyl groups is 1. The number of methoxy groups -OCH3 is 1. The fraction of sp³-hybridized carbons (Fsp3) is 0.538. The van der Waals surface area contributed by atoms with E-state index >= 15 is 0 Å². The summed E-state index contributed by atoms with van der Waals surface area (Å²) in [7, 11) is 1.59. The van der Waals surface area contributed by atoms with Crippen molar-refractivity contribution in [1.82, 2.24) is 5.32 Å². The molecular formula is C13H19F2NO3. The van der Waals surface area contributed by atoms with Crippen molar-refractivity contribution in [2.75, 3.05) is 26.9 Å². The predicted octanol–water partition coefficient (Wildman–Crippen LogP) is 1.73. The summed E-state index contributed by atoms with van der Waals surface area (Å²) in [5.41, 5.74) is 0.134. The molecule has 0 bridgehead atoms. The molecule has 0 aliphatic rings. The summed E-state index contributed by atoms with van der Waals surface area (Å²) in [5.74, 6) is 0.0935. The molecule has 1 aromatic carbocycles. The van der Waals surface area contributed by atoms with Crippen LogP contribution in [0.1, 0.15) is 12.5 Å². The maximum Gasteiger partial charge on any atom is 0.387 e. The van der Waals surface area contributed by atoms with Gasteiger partial charge in [0.25, 0.3) is 0 Å². The highest BCUT2D eigenvalue weighted by Crippen LogP contribution is 2.23. The number of nitrogens with one attached hydrogen (secondary N) is 1. The number of benzene rings is 1. The monoisotopic (exact) mass is 275 g/mol. The van der Waals surface area contributed by atoms with Crippen LogP contribution >= 0.6 is 0 Å². The van der Waals surface area contributed by atoms with Crippen LogP contribution in [0.4, 0.5) is 8.78 Å². The second kappa shape index (κ2) is 7.37. The van der Waals surface area contributed by atoms with E-state index in [0.717, 1.165) is 5.56 Å². The van der Waals surface area contributed by atoms with E-state index in [2.05, 4.69) is 10.1 Å². The van der Waals surface area contributed by atoms with Crippen LogP contribution in [0.15, 0.2) is 24.3 Å². The van der Waals surface area contributed by atoms with E-state index < -0.39 is 12.2 Å². The van der Waals surface area contributed by atoms with E-state index in [1.54, 1.807) is 19.2 Å². The molecule has 6 heteroatoms. The van der Waals surface area contributed by atoms with E-state index in [1.165, 1.54) is 12.1 Å². The normalized spacial score (nSPS) is 14.4. The minimum absolute atomic E-state index is 0.0935. The topological polar surface area (TPSA) is 50.7 Å². The molecule has 0 heterocycles. The third kappa shape index (κ3) is 4.74. The van der Waals surface area contributed by atoms with Gasteiger partial charge in [-0.05, 0) is 24.6 Å². The number of hydrogen-bond donors (Lipinski definition) is 2. The minimum atomic E-state index is -2.84. The average molecular weight is 275 g/mol. The molecule has 0 saturated carbocycles. The van der Waals surface area contributed by atoms with E-state index in [0.29, 0.717) is 13.2 Å². The molecule has 1 aromatic rings. The van der Waals surface area contributed by atoms with Crippen molar-refractivity contribution in [2.24, 2.45) is 0 Å². The van der Waals surface area contributed by atoms with Crippen LogP contribution in [0.25, 0.3) is 0 Å². The molecule has 0 radical (unpaired) electrons. The highest BCUT2D eigenvalue weighted by atomic mass is 19.3. The van der Waals surface area contributed by atoms with Crippen molar-refractivity contribution in [3.63, 3.8) is 0 Å². The molecule has 2 N–H and O–H groups in total. The van der Waals surface area contributed by atoms with Crippen molar-refractivity contribution < 1.29 is 23.4 Å². The van der Waals surface area contributed by atoms with E-state index in [4.69, 9.17) is 4.74 Å². The van der Waals surface area contributed by atoms with Gasteiger partial charge in [-0.2, -0.15) is 8.78 Å². The molecule has 108 valence electrons. The van der Waals surface area contributed by atoms with Crippen molar-refractivity contribution in [3.05, 3.63) is 29.8 Å². The lowest BCUT2D eigenvalue weighted by Gasteiger charge is -2.29. The van der Waals surface area contributed by atoms with Gasteiger partial charge in [-0.15, -0.1) is 0 Å². The lowest BCUT2D eigenvalue weighted by Crippen LogP contribution is -2.44. The second-order valence-electron chi connectivity index (χ2n) is 4.31. The first-order valence-electron chi connectivity index (χ1n) is 5.92. The molecule has 0 aliphatic carbocycles. The minimum Gasteiger partial charge on any atom is -0.435 e. The van der Waals surface area contributed by atoms with Crippen LogP contribution in [0.2, 0.25) is 0 Å². The standard InChI is InChI=1S/C13H19F2NO3/c1-13(9-17,16-7-8-18-2)10-3-5-11(6-4-10)19-12(14)15/h3-6,12,16-17H,7-9H2,1-2H3. The van der Waals surface area contributed by atoms with Gasteiger partial charge in [0.2, 0.25) is 0 Å². The zero-order chi connectivity index (χ0) is 14.3. The van der Waals surface area contributed by atoms with Crippen LogP contribution < -0.4 is 10.1 Å². The number of rotatable bonds is 8. The SMILES string of the molecule is COCCNC(C)(CO)c1ccc(OC(F)F)cc1. The fourth-order valence-electron chi connectivity index (χ4n) is 1.68. The molecule has 0 spiro atoms. The van der Waals surface area contributed by atoms with Crippen molar-refractivity contribution >= 4 is 0 Å². The van der Waals surface area contributed by atoms with Gasteiger partial charge in [-0.25, -0.2) is 0 Å². The Balaban J connectivity index is 2.74. The summed E-state index contributed by atoms with van der Waals surface area (Å²) in [6, 6.07) is 6.20. The lowest BCUT2D eigenvalue weighted by atomic mass is 9.93. The highest BCUT2D eigenvalue weighted by molar-refractivity contribution is 5.31. The summed E-state index contributed by atoms with van der Waals surface area (Å²) < 4.78 is 33.3. The van der Waals surface area contributed by atoms with Crippen molar-refractivity contribution in [3.8, 4) is 5.75 Å². The first-order chi connectivity index (χ1) is 9.01. The zero-order valence-corrected chi connectivity index (χ0v) is 11.0. The van der Waals surface area contributed by atoms with Gasteiger partial charge in [0, 0.05) is 13.7 Å². The van der Waals surface area contributed by atoms with E-state index in [1.807, 2.05) is 6.92 Å². The Morgan fingerprint density at radius 3 is 2.42 bits per heavy atom. The summed E-state index contributed by atoms with van der Waals surface area (Å²) in [6.45, 7) is -0.0440. The van der Waals surface area contributed by atoms with E-state index in [9.17, 15) is 13.9 Å². The summed E-state index contributed by atoms with van der Waals surface area (Å²) in [4.78, 5) is 0. The predicted molar refractivity (Wildman–Crippen MR) is 67.4 cm³/mol. The molecule has 0 aromatic heterocycles. The highest BCUT2D eigenvalue weighted by Gasteiger charge is 2.24. The van der Waals surface area contributed by atoms with Crippen LogP contribution in [0.5, 0.6) is 5.75 Å². The first kappa shape index (κ1) is 15.8. The first-order valence-corrected chi connectivity index (χ1v) is 5.92. The smallest absolute Gasteiger partial charge is 0.387 e. The van der Waals surface area contributed by atoms with Gasteiger partial charge in [-0.3, -0.25) is 0 Å². The Morgan fingerprint density at radius 2 is 1.95 bits per heavy atom. The van der Waals surface area contributed by atoms with Gasteiger partial charge in [0.1, 0.15) is 5.75 Å². The van der Waals surface area contributed by atoms with Gasteiger partial charge in [0.15, 0.2) is 0 Å². The van der Waals surface area contributed by atoms with Crippen LogP contribution in [0, 0.1) is 0 Å². The average Bonchev–Trinajstić information content (AvgIpc) is 2.39. The van der Waals surface area contributed by atoms with E-state index in [-0.39, 0.29) is 12.4 Å². The van der Waals surface area contributed by atoms with Crippen molar-refractivity contribution in [2.45, 2.75) is 19.1 Å². The lowest BCUT2D eigenvalue weighted by molar-refractivity contribution is -0.0498. The maximum atomic E-state index is 12.0. The second-order valence-corrected chi connectivity index (χ2v) is 4.31. The molecule has 1 unspecified atom stereocenters. The summed E-state index contributed by atoms with van der Waals surface area (Å²) in [6.07, 6.45) is 0. The largest absolute Gasteiger partial charge is 0.435 e.